The zero-order valence-corrected chi connectivity index (χ0v) is 14.6. The average molecular weight is 384 g/mol. The van der Waals surface area contributed by atoms with E-state index in [1.165, 1.54) is 24.4 Å². The van der Waals surface area contributed by atoms with E-state index < -0.39 is 16.7 Å². The number of nitrogens with one attached hydrogen (secondary N) is 2. The zero-order valence-electron chi connectivity index (χ0n) is 14.6. The Kier molecular flexibility index (Phi) is 5.80. The van der Waals surface area contributed by atoms with Crippen molar-refractivity contribution in [3.05, 3.63) is 63.7 Å². The summed E-state index contributed by atoms with van der Waals surface area (Å²) in [4.78, 5) is 34.1. The number of amides is 2. The lowest BCUT2D eigenvalue weighted by Gasteiger charge is -2.18. The monoisotopic (exact) mass is 384 g/mol. The summed E-state index contributed by atoms with van der Waals surface area (Å²) in [6, 6.07) is 10.5. The number of nitro benzene ring substituents is 1. The molecule has 0 radical (unpaired) electrons. The van der Waals surface area contributed by atoms with E-state index in [4.69, 9.17) is 9.47 Å². The molecule has 0 bridgehead atoms. The molecule has 1 aliphatic rings. The predicted octanol–water partition coefficient (Wildman–Crippen LogP) is 1.25. The number of ether oxygens (including phenoxy) is 2. The Morgan fingerprint density at radius 1 is 1.14 bits per heavy atom. The van der Waals surface area contributed by atoms with E-state index in [1.807, 2.05) is 0 Å². The van der Waals surface area contributed by atoms with Gasteiger partial charge in [0.25, 0.3) is 17.5 Å². The molecule has 0 spiro atoms. The Bertz CT molecular complexity index is 943. The molecule has 2 N–H and O–H groups in total. The first-order valence-electron chi connectivity index (χ1n) is 8.27. The van der Waals surface area contributed by atoms with Crippen LogP contribution in [0.15, 0.2) is 47.6 Å². The number of rotatable bonds is 6. The molecule has 0 unspecified atom stereocenters. The van der Waals surface area contributed by atoms with Gasteiger partial charge in [-0.05, 0) is 18.2 Å². The minimum atomic E-state index is -0.549. The lowest BCUT2D eigenvalue weighted by atomic mass is 10.2. The van der Waals surface area contributed by atoms with Crippen LogP contribution in [-0.4, -0.2) is 42.7 Å². The van der Waals surface area contributed by atoms with E-state index in [2.05, 4.69) is 15.8 Å². The molecule has 3 rings (SSSR count). The minimum Gasteiger partial charge on any atom is -0.486 e. The molecule has 144 valence electrons. The quantitative estimate of drug-likeness (QED) is 0.438. The molecule has 2 aromatic rings. The molecule has 0 aliphatic carbocycles. The van der Waals surface area contributed by atoms with Gasteiger partial charge in [-0.2, -0.15) is 5.10 Å². The first-order chi connectivity index (χ1) is 13.5. The summed E-state index contributed by atoms with van der Waals surface area (Å²) in [6.07, 6.45) is 1.27. The third-order valence-electron chi connectivity index (χ3n) is 3.70. The lowest BCUT2D eigenvalue weighted by molar-refractivity contribution is -0.384. The van der Waals surface area contributed by atoms with Gasteiger partial charge in [0, 0.05) is 23.3 Å². The van der Waals surface area contributed by atoms with Gasteiger partial charge in [-0.3, -0.25) is 19.7 Å². The van der Waals surface area contributed by atoms with Gasteiger partial charge in [-0.1, -0.05) is 12.1 Å². The van der Waals surface area contributed by atoms with Crippen molar-refractivity contribution in [3.63, 3.8) is 0 Å². The van der Waals surface area contributed by atoms with Crippen LogP contribution in [0.4, 0.5) is 5.69 Å². The topological polar surface area (TPSA) is 132 Å². The standard InChI is InChI=1S/C18H16N4O6/c23-17(21-20-10-12-2-1-3-14(8-12)22(25)26)11-19-18(24)13-4-5-15-16(9-13)28-7-6-27-15/h1-5,8-10H,6-7,11H2,(H,19,24)(H,21,23)/b20-10-. The number of benzene rings is 2. The first kappa shape index (κ1) is 18.8. The van der Waals surface area contributed by atoms with Gasteiger partial charge in [-0.25, -0.2) is 5.43 Å². The number of nitrogens with zero attached hydrogens (tertiary/aromatic N) is 2. The van der Waals surface area contributed by atoms with E-state index in [1.54, 1.807) is 24.3 Å². The largest absolute Gasteiger partial charge is 0.486 e. The number of fused-ring (bicyclic) bond motifs is 1. The second-order valence-electron chi connectivity index (χ2n) is 5.69. The fourth-order valence-electron chi connectivity index (χ4n) is 2.38. The molecule has 28 heavy (non-hydrogen) atoms. The van der Waals surface area contributed by atoms with E-state index in [0.717, 1.165) is 0 Å². The molecule has 2 amide bonds. The Morgan fingerprint density at radius 2 is 1.93 bits per heavy atom. The maximum Gasteiger partial charge on any atom is 0.270 e. The van der Waals surface area contributed by atoms with Crippen molar-refractivity contribution >= 4 is 23.7 Å². The summed E-state index contributed by atoms with van der Waals surface area (Å²) in [5.74, 6) is 0.0447. The molecular formula is C18H16N4O6. The van der Waals surface area contributed by atoms with Crippen molar-refractivity contribution in [2.45, 2.75) is 0 Å². The van der Waals surface area contributed by atoms with Crippen LogP contribution in [-0.2, 0) is 4.79 Å². The van der Waals surface area contributed by atoms with E-state index in [9.17, 15) is 19.7 Å². The van der Waals surface area contributed by atoms with Crippen molar-refractivity contribution < 1.29 is 24.0 Å². The smallest absolute Gasteiger partial charge is 0.270 e. The third kappa shape index (κ3) is 4.81. The van der Waals surface area contributed by atoms with Crippen molar-refractivity contribution in [2.24, 2.45) is 5.10 Å². The highest BCUT2D eigenvalue weighted by Crippen LogP contribution is 2.30. The van der Waals surface area contributed by atoms with Gasteiger partial charge >= 0.3 is 0 Å². The van der Waals surface area contributed by atoms with Crippen molar-refractivity contribution in [1.82, 2.24) is 10.7 Å². The maximum atomic E-state index is 12.1. The molecule has 0 saturated carbocycles. The van der Waals surface area contributed by atoms with Crippen LogP contribution >= 0.6 is 0 Å². The summed E-state index contributed by atoms with van der Waals surface area (Å²) in [5.41, 5.74) is 2.94. The molecule has 0 fully saturated rings. The highest BCUT2D eigenvalue weighted by Gasteiger charge is 2.15. The second kappa shape index (κ2) is 8.62. The van der Waals surface area contributed by atoms with Crippen LogP contribution < -0.4 is 20.2 Å². The molecular weight excluding hydrogens is 368 g/mol. The minimum absolute atomic E-state index is 0.0815. The Labute approximate surface area is 159 Å². The van der Waals surface area contributed by atoms with Gasteiger partial charge in [0.2, 0.25) is 0 Å². The molecule has 10 heteroatoms. The van der Waals surface area contributed by atoms with Gasteiger partial charge in [0.15, 0.2) is 11.5 Å². The van der Waals surface area contributed by atoms with Crippen LogP contribution in [0, 0.1) is 10.1 Å². The number of carbonyl (C=O) groups is 2. The number of carbonyl (C=O) groups excluding carboxylic acids is 2. The van der Waals surface area contributed by atoms with E-state index in [-0.39, 0.29) is 12.2 Å². The summed E-state index contributed by atoms with van der Waals surface area (Å²) >= 11 is 0. The van der Waals surface area contributed by atoms with Crippen molar-refractivity contribution in [2.75, 3.05) is 19.8 Å². The highest BCUT2D eigenvalue weighted by molar-refractivity contribution is 5.97. The third-order valence-corrected chi connectivity index (χ3v) is 3.70. The van der Waals surface area contributed by atoms with Crippen molar-refractivity contribution in [3.8, 4) is 11.5 Å². The summed E-state index contributed by atoms with van der Waals surface area (Å²) < 4.78 is 10.8. The Hall–Kier alpha value is -3.95. The van der Waals surface area contributed by atoms with Crippen LogP contribution in [0.25, 0.3) is 0 Å². The Balaban J connectivity index is 1.49. The second-order valence-corrected chi connectivity index (χ2v) is 5.69. The SMILES string of the molecule is O=C(CNC(=O)c1ccc2c(c1)OCCO2)N/N=C\c1cccc([N+](=O)[O-])c1. The molecule has 10 nitrogen and oxygen atoms in total. The number of hydrogen-bond donors (Lipinski definition) is 2. The van der Waals surface area contributed by atoms with Crippen LogP contribution in [0.5, 0.6) is 11.5 Å². The fraction of sp³-hybridized carbons (Fsp3) is 0.167. The highest BCUT2D eigenvalue weighted by atomic mass is 16.6. The van der Waals surface area contributed by atoms with Gasteiger partial charge in [-0.15, -0.1) is 0 Å². The first-order valence-corrected chi connectivity index (χ1v) is 8.27. The maximum absolute atomic E-state index is 12.1. The Morgan fingerprint density at radius 3 is 2.71 bits per heavy atom. The van der Waals surface area contributed by atoms with Crippen LogP contribution in [0.3, 0.4) is 0 Å². The van der Waals surface area contributed by atoms with Crippen LogP contribution in [0.1, 0.15) is 15.9 Å². The lowest BCUT2D eigenvalue weighted by Crippen LogP contribution is -2.35. The molecule has 1 heterocycles. The molecule has 2 aromatic carbocycles. The van der Waals surface area contributed by atoms with Crippen molar-refractivity contribution in [1.29, 1.82) is 0 Å². The number of nitro groups is 1. The number of hydrazone groups is 1. The van der Waals surface area contributed by atoms with E-state index in [0.29, 0.717) is 35.8 Å². The van der Waals surface area contributed by atoms with Crippen LogP contribution in [0.2, 0.25) is 0 Å². The molecule has 0 atom stereocenters. The molecule has 0 saturated heterocycles. The van der Waals surface area contributed by atoms with Gasteiger partial charge in [0.05, 0.1) is 17.7 Å². The predicted molar refractivity (Wildman–Crippen MR) is 98.6 cm³/mol. The van der Waals surface area contributed by atoms with Gasteiger partial charge in [0.1, 0.15) is 13.2 Å². The summed E-state index contributed by atoms with van der Waals surface area (Å²) in [6.45, 7) is 0.568. The summed E-state index contributed by atoms with van der Waals surface area (Å²) in [7, 11) is 0. The zero-order chi connectivity index (χ0) is 19.9. The summed E-state index contributed by atoms with van der Waals surface area (Å²) in [5, 5.41) is 16.9. The average Bonchev–Trinajstić information content (AvgIpc) is 2.72. The normalized spacial score (nSPS) is 12.4. The number of hydrogen-bond acceptors (Lipinski definition) is 7. The van der Waals surface area contributed by atoms with Gasteiger partial charge < -0.3 is 14.8 Å². The fourth-order valence-corrected chi connectivity index (χ4v) is 2.38. The molecule has 0 aromatic heterocycles. The van der Waals surface area contributed by atoms with E-state index >= 15 is 0 Å². The number of non-ortho nitro benzene ring substituents is 1. The molecule has 1 aliphatic heterocycles.